The van der Waals surface area contributed by atoms with E-state index in [9.17, 15) is 0 Å². The van der Waals surface area contributed by atoms with Crippen LogP contribution in [-0.4, -0.2) is 26.5 Å². The molecule has 1 N–H and O–H groups in total. The number of methoxy groups -OCH3 is 1. The number of rotatable bonds is 8. The molecule has 2 nitrogen and oxygen atoms in total. The van der Waals surface area contributed by atoms with Crippen molar-refractivity contribution in [3.63, 3.8) is 0 Å². The molecule has 0 spiro atoms. The van der Waals surface area contributed by atoms with Gasteiger partial charge in [0.1, 0.15) is 0 Å². The average molecular weight is 243 g/mol. The number of allylic oxidation sites excluding steroid dienone is 3. The van der Waals surface area contributed by atoms with Gasteiger partial charge in [-0.1, -0.05) is 6.08 Å². The molecule has 0 rings (SSSR count). The topological polar surface area (TPSA) is 21.3 Å². The molecule has 0 saturated heterocycles. The second-order valence-electron chi connectivity index (χ2n) is 3.78. The van der Waals surface area contributed by atoms with Gasteiger partial charge in [-0.15, -0.1) is 0 Å². The molecule has 0 saturated carbocycles. The van der Waals surface area contributed by atoms with Crippen molar-refractivity contribution in [2.45, 2.75) is 33.1 Å². The molecule has 0 aliphatic carbocycles. The van der Waals surface area contributed by atoms with Gasteiger partial charge >= 0.3 is 0 Å². The lowest BCUT2D eigenvalue weighted by molar-refractivity contribution is 0.193. The zero-order valence-electron chi connectivity index (χ0n) is 11.0. The Balaban J connectivity index is 4.33. The Bertz CT molecular complexity index is 240. The molecule has 3 heteroatoms. The molecule has 0 aromatic carbocycles. The summed E-state index contributed by atoms with van der Waals surface area (Å²) >= 11 is 4.33. The average Bonchev–Trinajstić information content (AvgIpc) is 2.30. The summed E-state index contributed by atoms with van der Waals surface area (Å²) in [7, 11) is 3.70. The second-order valence-corrected chi connectivity index (χ2v) is 4.09. The van der Waals surface area contributed by atoms with E-state index in [1.807, 2.05) is 7.05 Å². The fourth-order valence-corrected chi connectivity index (χ4v) is 2.08. The van der Waals surface area contributed by atoms with Gasteiger partial charge in [0.15, 0.2) is 0 Å². The van der Waals surface area contributed by atoms with E-state index >= 15 is 0 Å². The molecular formula is C13H25NOS. The summed E-state index contributed by atoms with van der Waals surface area (Å²) in [6, 6.07) is 0. The third-order valence-electron chi connectivity index (χ3n) is 2.79. The van der Waals surface area contributed by atoms with E-state index < -0.39 is 0 Å². The number of thiol groups is 1. The zero-order chi connectivity index (χ0) is 12.4. The van der Waals surface area contributed by atoms with E-state index in [0.717, 1.165) is 25.2 Å². The molecule has 94 valence electrons. The summed E-state index contributed by atoms with van der Waals surface area (Å²) in [4.78, 5) is 0. The first-order valence-corrected chi connectivity index (χ1v) is 6.47. The van der Waals surface area contributed by atoms with Gasteiger partial charge in [-0.25, -0.2) is 0 Å². The van der Waals surface area contributed by atoms with Crippen molar-refractivity contribution in [2.75, 3.05) is 26.5 Å². The quantitative estimate of drug-likeness (QED) is 0.388. The van der Waals surface area contributed by atoms with Crippen molar-refractivity contribution in [3.8, 4) is 0 Å². The molecule has 0 amide bonds. The molecule has 0 aromatic rings. The zero-order valence-corrected chi connectivity index (χ0v) is 11.9. The van der Waals surface area contributed by atoms with Crippen LogP contribution < -0.4 is 5.32 Å². The lowest BCUT2D eigenvalue weighted by Crippen LogP contribution is -2.10. The lowest BCUT2D eigenvalue weighted by atomic mass is 10.00. The van der Waals surface area contributed by atoms with Crippen molar-refractivity contribution >= 4 is 12.6 Å². The van der Waals surface area contributed by atoms with Gasteiger partial charge < -0.3 is 10.1 Å². The molecule has 0 aromatic heterocycles. The van der Waals surface area contributed by atoms with E-state index in [1.54, 1.807) is 7.11 Å². The Labute approximate surface area is 106 Å². The van der Waals surface area contributed by atoms with Crippen LogP contribution in [0.3, 0.4) is 0 Å². The summed E-state index contributed by atoms with van der Waals surface area (Å²) < 4.78 is 5.05. The first-order chi connectivity index (χ1) is 7.71. The van der Waals surface area contributed by atoms with Crippen molar-refractivity contribution in [2.24, 2.45) is 0 Å². The first kappa shape index (κ1) is 15.6. The number of hydrogen-bond donors (Lipinski definition) is 2. The highest BCUT2D eigenvalue weighted by atomic mass is 32.1. The van der Waals surface area contributed by atoms with Crippen molar-refractivity contribution < 1.29 is 4.74 Å². The molecule has 0 fully saturated rings. The highest BCUT2D eigenvalue weighted by Gasteiger charge is 2.04. The van der Waals surface area contributed by atoms with Crippen LogP contribution in [0, 0.1) is 0 Å². The molecule has 0 heterocycles. The molecule has 0 atom stereocenters. The second kappa shape index (κ2) is 9.79. The minimum absolute atomic E-state index is 0.762. The molecule has 0 aliphatic heterocycles. The molecule has 16 heavy (non-hydrogen) atoms. The Morgan fingerprint density at radius 2 is 2.06 bits per heavy atom. The smallest absolute Gasteiger partial charge is 0.0462 e. The highest BCUT2D eigenvalue weighted by Crippen LogP contribution is 2.19. The summed E-state index contributed by atoms with van der Waals surface area (Å²) in [5.74, 6) is 0.762. The number of hydrogen-bond acceptors (Lipinski definition) is 3. The predicted octanol–water partition coefficient (Wildman–Crippen LogP) is 3.17. The van der Waals surface area contributed by atoms with E-state index in [1.165, 1.54) is 23.3 Å². The van der Waals surface area contributed by atoms with Gasteiger partial charge in [0.05, 0.1) is 0 Å². The van der Waals surface area contributed by atoms with E-state index in [0.29, 0.717) is 0 Å². The van der Waals surface area contributed by atoms with Crippen LogP contribution in [0.15, 0.2) is 22.9 Å². The minimum atomic E-state index is 0.762. The summed E-state index contributed by atoms with van der Waals surface area (Å²) in [6.07, 6.45) is 5.61. The SMILES string of the molecule is C/C=C(CCCCOC)\C(C)=C(\CS)NC. The monoisotopic (exact) mass is 243 g/mol. The van der Waals surface area contributed by atoms with Gasteiger partial charge in [-0.05, 0) is 44.3 Å². The molecule has 0 unspecified atom stereocenters. The Hall–Kier alpha value is -0.410. The van der Waals surface area contributed by atoms with Crippen molar-refractivity contribution in [1.82, 2.24) is 5.32 Å². The number of unbranched alkanes of at least 4 members (excludes halogenated alkanes) is 1. The first-order valence-electron chi connectivity index (χ1n) is 5.84. The molecule has 0 aliphatic rings. The molecule has 0 radical (unpaired) electrons. The predicted molar refractivity (Wildman–Crippen MR) is 75.1 cm³/mol. The fourth-order valence-electron chi connectivity index (χ4n) is 1.69. The fraction of sp³-hybridized carbons (Fsp3) is 0.692. The van der Waals surface area contributed by atoms with Gasteiger partial charge in [0.25, 0.3) is 0 Å². The van der Waals surface area contributed by atoms with Crippen molar-refractivity contribution in [1.29, 1.82) is 0 Å². The third kappa shape index (κ3) is 5.61. The summed E-state index contributed by atoms with van der Waals surface area (Å²) in [5, 5.41) is 3.21. The van der Waals surface area contributed by atoms with Crippen LogP contribution in [0.2, 0.25) is 0 Å². The maximum absolute atomic E-state index is 5.05. The van der Waals surface area contributed by atoms with Crippen LogP contribution in [0.5, 0.6) is 0 Å². The maximum atomic E-state index is 5.05. The van der Waals surface area contributed by atoms with E-state index in [4.69, 9.17) is 4.74 Å². The summed E-state index contributed by atoms with van der Waals surface area (Å²) in [5.41, 5.74) is 3.95. The minimum Gasteiger partial charge on any atom is -0.391 e. The van der Waals surface area contributed by atoms with E-state index in [-0.39, 0.29) is 0 Å². The van der Waals surface area contributed by atoms with Crippen LogP contribution >= 0.6 is 12.6 Å². The van der Waals surface area contributed by atoms with Crippen LogP contribution in [-0.2, 0) is 4.74 Å². The highest BCUT2D eigenvalue weighted by molar-refractivity contribution is 7.80. The van der Waals surface area contributed by atoms with Gasteiger partial charge in [0, 0.05) is 32.2 Å². The van der Waals surface area contributed by atoms with Crippen LogP contribution in [0.4, 0.5) is 0 Å². The summed E-state index contributed by atoms with van der Waals surface area (Å²) in [6.45, 7) is 5.11. The van der Waals surface area contributed by atoms with Crippen LogP contribution in [0.1, 0.15) is 33.1 Å². The van der Waals surface area contributed by atoms with Crippen molar-refractivity contribution in [3.05, 3.63) is 22.9 Å². The Morgan fingerprint density at radius 1 is 1.38 bits per heavy atom. The Morgan fingerprint density at radius 3 is 2.50 bits per heavy atom. The normalized spacial score (nSPS) is 13.7. The van der Waals surface area contributed by atoms with Gasteiger partial charge in [0.2, 0.25) is 0 Å². The van der Waals surface area contributed by atoms with Crippen LogP contribution in [0.25, 0.3) is 0 Å². The number of ether oxygens (including phenoxy) is 1. The molecule has 0 bridgehead atoms. The largest absolute Gasteiger partial charge is 0.391 e. The molecular weight excluding hydrogens is 218 g/mol. The van der Waals surface area contributed by atoms with Gasteiger partial charge in [-0.2, -0.15) is 12.6 Å². The lowest BCUT2D eigenvalue weighted by Gasteiger charge is -2.13. The third-order valence-corrected chi connectivity index (χ3v) is 3.10. The maximum Gasteiger partial charge on any atom is 0.0462 e. The standard InChI is InChI=1S/C13H25NOS/c1-5-12(8-6-7-9-15-4)11(2)13(10-16)14-3/h5,14,16H,6-10H2,1-4H3/b12-5-,13-11-. The number of nitrogens with one attached hydrogen (secondary N) is 1. The van der Waals surface area contributed by atoms with E-state index in [2.05, 4.69) is 37.9 Å². The Kier molecular flexibility index (Phi) is 9.54. The van der Waals surface area contributed by atoms with Gasteiger partial charge in [-0.3, -0.25) is 0 Å².